The van der Waals surface area contributed by atoms with Gasteiger partial charge in [0.15, 0.2) is 0 Å². The number of para-hydroxylation sites is 4. The Kier molecular flexibility index (Phi) is 7.78. The first-order valence-electron chi connectivity index (χ1n) is 10.2. The highest BCUT2D eigenvalue weighted by atomic mass is 32.2. The van der Waals surface area contributed by atoms with Crippen molar-refractivity contribution < 1.29 is 27.4 Å². The average Bonchev–Trinajstić information content (AvgIpc) is 2.84. The number of hydrogen-bond acceptors (Lipinski definition) is 6. The third-order valence-electron chi connectivity index (χ3n) is 4.75. The fraction of sp³-hybridized carbons (Fsp3) is 0.208. The number of carbonyl (C=O) groups is 1. The van der Waals surface area contributed by atoms with Crippen molar-refractivity contribution in [1.82, 2.24) is 0 Å². The van der Waals surface area contributed by atoms with Gasteiger partial charge in [-0.2, -0.15) is 0 Å². The van der Waals surface area contributed by atoms with E-state index in [1.165, 1.54) is 26.4 Å². The van der Waals surface area contributed by atoms with Crippen LogP contribution in [0.5, 0.6) is 17.2 Å². The maximum Gasteiger partial charge on any atom is 0.264 e. The van der Waals surface area contributed by atoms with Gasteiger partial charge in [0.2, 0.25) is 5.91 Å². The van der Waals surface area contributed by atoms with Crippen LogP contribution in [0, 0.1) is 0 Å². The van der Waals surface area contributed by atoms with Crippen molar-refractivity contribution in [3.63, 3.8) is 0 Å². The minimum Gasteiger partial charge on any atom is -0.497 e. The fourth-order valence-electron chi connectivity index (χ4n) is 3.18. The molecule has 0 fully saturated rings. The molecular formula is C24H26N2O6S. The van der Waals surface area contributed by atoms with Crippen LogP contribution in [-0.4, -0.2) is 41.7 Å². The van der Waals surface area contributed by atoms with Gasteiger partial charge < -0.3 is 19.5 Å². The number of amides is 1. The highest BCUT2D eigenvalue weighted by Gasteiger charge is 2.29. The van der Waals surface area contributed by atoms with Crippen molar-refractivity contribution >= 4 is 27.3 Å². The molecule has 0 unspecified atom stereocenters. The third kappa shape index (κ3) is 5.56. The van der Waals surface area contributed by atoms with Crippen molar-refractivity contribution in [2.45, 2.75) is 11.8 Å². The normalized spacial score (nSPS) is 10.9. The molecule has 3 aromatic carbocycles. The van der Waals surface area contributed by atoms with Gasteiger partial charge in [-0.3, -0.25) is 9.10 Å². The standard InChI is InChI=1S/C24H26N2O6S/c1-4-32-22-11-7-5-9-20(22)25-24(27)17-26(21-10-6-8-12-23(21)31-3)33(28,29)19-15-13-18(30-2)14-16-19/h5-16H,4,17H2,1-3H3,(H,25,27). The first-order chi connectivity index (χ1) is 15.9. The molecule has 33 heavy (non-hydrogen) atoms. The number of sulfonamides is 1. The van der Waals surface area contributed by atoms with Gasteiger partial charge >= 0.3 is 0 Å². The number of rotatable bonds is 10. The van der Waals surface area contributed by atoms with E-state index < -0.39 is 22.5 Å². The maximum absolute atomic E-state index is 13.6. The van der Waals surface area contributed by atoms with Crippen LogP contribution in [0.1, 0.15) is 6.92 Å². The van der Waals surface area contributed by atoms with Crippen molar-refractivity contribution in [1.29, 1.82) is 0 Å². The van der Waals surface area contributed by atoms with E-state index in [1.807, 2.05) is 6.92 Å². The fourth-order valence-corrected chi connectivity index (χ4v) is 4.61. The molecule has 3 rings (SSSR count). The van der Waals surface area contributed by atoms with Gasteiger partial charge in [0, 0.05) is 0 Å². The van der Waals surface area contributed by atoms with E-state index in [0.29, 0.717) is 29.5 Å². The van der Waals surface area contributed by atoms with Gasteiger partial charge in [0.05, 0.1) is 37.1 Å². The lowest BCUT2D eigenvalue weighted by atomic mass is 10.2. The Morgan fingerprint density at radius 1 is 0.879 bits per heavy atom. The minimum atomic E-state index is -4.11. The molecular weight excluding hydrogens is 444 g/mol. The second-order valence-electron chi connectivity index (χ2n) is 6.84. The molecule has 0 saturated heterocycles. The van der Waals surface area contributed by atoms with E-state index in [4.69, 9.17) is 14.2 Å². The molecule has 9 heteroatoms. The third-order valence-corrected chi connectivity index (χ3v) is 6.52. The Bertz CT molecular complexity index is 1200. The molecule has 8 nitrogen and oxygen atoms in total. The topological polar surface area (TPSA) is 94.2 Å². The zero-order valence-electron chi connectivity index (χ0n) is 18.6. The molecule has 0 aliphatic rings. The predicted molar refractivity (Wildman–Crippen MR) is 127 cm³/mol. The predicted octanol–water partition coefficient (Wildman–Crippen LogP) is 3.94. The van der Waals surface area contributed by atoms with Crippen LogP contribution in [-0.2, 0) is 14.8 Å². The molecule has 0 bridgehead atoms. The van der Waals surface area contributed by atoms with E-state index in [0.717, 1.165) is 4.31 Å². The van der Waals surface area contributed by atoms with Gasteiger partial charge in [-0.25, -0.2) is 8.42 Å². The zero-order valence-corrected chi connectivity index (χ0v) is 19.5. The summed E-state index contributed by atoms with van der Waals surface area (Å²) in [5, 5.41) is 2.74. The molecule has 0 heterocycles. The molecule has 1 N–H and O–H groups in total. The quantitative estimate of drug-likeness (QED) is 0.482. The van der Waals surface area contributed by atoms with Gasteiger partial charge in [-0.05, 0) is 55.5 Å². The minimum absolute atomic E-state index is 0.0109. The lowest BCUT2D eigenvalue weighted by Gasteiger charge is -2.25. The lowest BCUT2D eigenvalue weighted by molar-refractivity contribution is -0.114. The maximum atomic E-state index is 13.6. The molecule has 0 saturated carbocycles. The van der Waals surface area contributed by atoms with Crippen LogP contribution >= 0.6 is 0 Å². The number of carbonyl (C=O) groups excluding carboxylic acids is 1. The Labute approximate surface area is 193 Å². The molecule has 0 spiro atoms. The Morgan fingerprint density at radius 3 is 2.15 bits per heavy atom. The van der Waals surface area contributed by atoms with Crippen molar-refractivity contribution in [2.75, 3.05) is 37.0 Å². The van der Waals surface area contributed by atoms with Gasteiger partial charge in [-0.15, -0.1) is 0 Å². The Morgan fingerprint density at radius 2 is 1.52 bits per heavy atom. The number of ether oxygens (including phenoxy) is 3. The smallest absolute Gasteiger partial charge is 0.264 e. The van der Waals surface area contributed by atoms with Crippen molar-refractivity contribution in [3.8, 4) is 17.2 Å². The van der Waals surface area contributed by atoms with E-state index >= 15 is 0 Å². The van der Waals surface area contributed by atoms with Crippen LogP contribution in [0.3, 0.4) is 0 Å². The molecule has 0 atom stereocenters. The largest absolute Gasteiger partial charge is 0.497 e. The highest BCUT2D eigenvalue weighted by Crippen LogP contribution is 2.33. The van der Waals surface area contributed by atoms with Crippen LogP contribution in [0.15, 0.2) is 77.7 Å². The van der Waals surface area contributed by atoms with Gasteiger partial charge in [-0.1, -0.05) is 24.3 Å². The first-order valence-corrected chi connectivity index (χ1v) is 11.7. The van der Waals surface area contributed by atoms with E-state index in [1.54, 1.807) is 60.7 Å². The first kappa shape index (κ1) is 23.9. The summed E-state index contributed by atoms with van der Waals surface area (Å²) >= 11 is 0. The molecule has 3 aromatic rings. The van der Waals surface area contributed by atoms with Crippen LogP contribution in [0.4, 0.5) is 11.4 Å². The van der Waals surface area contributed by atoms with Crippen molar-refractivity contribution in [3.05, 3.63) is 72.8 Å². The van der Waals surface area contributed by atoms with Crippen LogP contribution in [0.2, 0.25) is 0 Å². The second kappa shape index (κ2) is 10.7. The average molecular weight is 471 g/mol. The number of nitrogens with zero attached hydrogens (tertiary/aromatic N) is 1. The SMILES string of the molecule is CCOc1ccccc1NC(=O)CN(c1ccccc1OC)S(=O)(=O)c1ccc(OC)cc1. The zero-order chi connectivity index (χ0) is 23.8. The van der Waals surface area contributed by atoms with E-state index in [9.17, 15) is 13.2 Å². The summed E-state index contributed by atoms with van der Waals surface area (Å²) in [6, 6.07) is 19.5. The van der Waals surface area contributed by atoms with Crippen LogP contribution in [0.25, 0.3) is 0 Å². The number of methoxy groups -OCH3 is 2. The Balaban J connectivity index is 1.98. The van der Waals surface area contributed by atoms with E-state index in [-0.39, 0.29) is 10.6 Å². The summed E-state index contributed by atoms with van der Waals surface area (Å²) in [5.41, 5.74) is 0.690. The summed E-state index contributed by atoms with van der Waals surface area (Å²) in [5.74, 6) is 0.792. The molecule has 1 amide bonds. The summed E-state index contributed by atoms with van der Waals surface area (Å²) in [4.78, 5) is 13.0. The van der Waals surface area contributed by atoms with Crippen LogP contribution < -0.4 is 23.8 Å². The van der Waals surface area contributed by atoms with E-state index in [2.05, 4.69) is 5.32 Å². The number of nitrogens with one attached hydrogen (secondary N) is 1. The number of anilines is 2. The highest BCUT2D eigenvalue weighted by molar-refractivity contribution is 7.92. The van der Waals surface area contributed by atoms with Gasteiger partial charge in [0.25, 0.3) is 10.0 Å². The van der Waals surface area contributed by atoms with Gasteiger partial charge in [0.1, 0.15) is 23.8 Å². The molecule has 0 aliphatic heterocycles. The Hall–Kier alpha value is -3.72. The second-order valence-corrected chi connectivity index (χ2v) is 8.70. The summed E-state index contributed by atoms with van der Waals surface area (Å²) in [6.07, 6.45) is 0. The molecule has 0 radical (unpaired) electrons. The number of benzene rings is 3. The summed E-state index contributed by atoms with van der Waals surface area (Å²) in [7, 11) is -1.18. The monoisotopic (exact) mass is 470 g/mol. The lowest BCUT2D eigenvalue weighted by Crippen LogP contribution is -2.38. The number of hydrogen-bond donors (Lipinski definition) is 1. The summed E-state index contributed by atoms with van der Waals surface area (Å²) < 4.78 is 44.2. The van der Waals surface area contributed by atoms with Crippen molar-refractivity contribution in [2.24, 2.45) is 0 Å². The molecule has 174 valence electrons. The molecule has 0 aliphatic carbocycles. The summed E-state index contributed by atoms with van der Waals surface area (Å²) in [6.45, 7) is 1.78. The molecule has 0 aromatic heterocycles.